The number of nitrogens with zero attached hydrogens (tertiary/aromatic N) is 5. The van der Waals surface area contributed by atoms with Gasteiger partial charge in [0.05, 0.1) is 5.39 Å². The maximum Gasteiger partial charge on any atom is 0.573 e. The van der Waals surface area contributed by atoms with Gasteiger partial charge in [-0.05, 0) is 35.4 Å². The molecule has 0 N–H and O–H groups in total. The van der Waals surface area contributed by atoms with Crippen LogP contribution < -0.4 is 10.3 Å². The summed E-state index contributed by atoms with van der Waals surface area (Å²) < 4.78 is 47.3. The molecule has 8 nitrogen and oxygen atoms in total. The van der Waals surface area contributed by atoms with Crippen LogP contribution >= 0.6 is 0 Å². The molecule has 0 saturated heterocycles. The molecule has 32 heavy (non-hydrogen) atoms. The molecule has 0 amide bonds. The van der Waals surface area contributed by atoms with Crippen LogP contribution in [0.3, 0.4) is 0 Å². The van der Waals surface area contributed by atoms with Gasteiger partial charge in [0.2, 0.25) is 5.89 Å². The van der Waals surface area contributed by atoms with Gasteiger partial charge in [-0.3, -0.25) is 4.79 Å². The Morgan fingerprint density at radius 2 is 1.72 bits per heavy atom. The normalized spacial score (nSPS) is 12.3. The van der Waals surface area contributed by atoms with Crippen LogP contribution in [0.4, 0.5) is 13.2 Å². The summed E-state index contributed by atoms with van der Waals surface area (Å²) in [4.78, 5) is 17.3. The number of fused-ring (bicyclic) bond motifs is 1. The molecule has 4 rings (SSSR count). The molecule has 0 bridgehead atoms. The minimum atomic E-state index is -4.76. The van der Waals surface area contributed by atoms with Gasteiger partial charge in [-0.2, -0.15) is 4.98 Å². The molecule has 166 valence electrons. The fourth-order valence-electron chi connectivity index (χ4n) is 2.96. The van der Waals surface area contributed by atoms with Crippen molar-refractivity contribution in [2.45, 2.75) is 39.1 Å². The predicted molar refractivity (Wildman–Crippen MR) is 108 cm³/mol. The SMILES string of the molecule is CC(C)(C)c1noc(Cn2nnc3ccc(-c4ccc(OC(F)(F)F)cc4)cc3c2=O)n1. The third kappa shape index (κ3) is 4.61. The molecule has 2 aromatic carbocycles. The van der Waals surface area contributed by atoms with Crippen molar-refractivity contribution in [1.82, 2.24) is 25.1 Å². The number of ether oxygens (including phenoxy) is 1. The van der Waals surface area contributed by atoms with Crippen molar-refractivity contribution in [3.63, 3.8) is 0 Å². The fourth-order valence-corrected chi connectivity index (χ4v) is 2.96. The van der Waals surface area contributed by atoms with Gasteiger partial charge in [-0.15, -0.1) is 18.3 Å². The first-order valence-electron chi connectivity index (χ1n) is 9.56. The van der Waals surface area contributed by atoms with Crippen molar-refractivity contribution in [3.8, 4) is 16.9 Å². The maximum atomic E-state index is 13.0. The van der Waals surface area contributed by atoms with Crippen molar-refractivity contribution >= 4 is 10.9 Å². The molecular formula is C21H18F3N5O3. The summed E-state index contributed by atoms with van der Waals surface area (Å²) >= 11 is 0. The van der Waals surface area contributed by atoms with Gasteiger partial charge in [0.15, 0.2) is 5.82 Å². The van der Waals surface area contributed by atoms with Crippen molar-refractivity contribution < 1.29 is 22.4 Å². The second-order valence-electron chi connectivity index (χ2n) is 8.12. The lowest BCUT2D eigenvalue weighted by Gasteiger charge is -2.10. The number of alkyl halides is 3. The van der Waals surface area contributed by atoms with E-state index in [9.17, 15) is 18.0 Å². The highest BCUT2D eigenvalue weighted by Gasteiger charge is 2.31. The topological polar surface area (TPSA) is 95.9 Å². The number of hydrogen-bond donors (Lipinski definition) is 0. The average molecular weight is 445 g/mol. The molecule has 0 aliphatic rings. The highest BCUT2D eigenvalue weighted by atomic mass is 19.4. The minimum Gasteiger partial charge on any atom is -0.406 e. The van der Waals surface area contributed by atoms with Gasteiger partial charge in [0.25, 0.3) is 5.56 Å². The second-order valence-corrected chi connectivity index (χ2v) is 8.12. The first-order valence-corrected chi connectivity index (χ1v) is 9.56. The van der Waals surface area contributed by atoms with Crippen LogP contribution in [0.15, 0.2) is 51.8 Å². The standard InChI is InChI=1S/C21H18F3N5O3/c1-20(2,3)19-25-17(32-27-19)11-29-18(30)15-10-13(6-9-16(15)26-28-29)12-4-7-14(8-5-12)31-21(22,23)24/h4-10H,11H2,1-3H3. The van der Waals surface area contributed by atoms with E-state index >= 15 is 0 Å². The van der Waals surface area contributed by atoms with Gasteiger partial charge in [-0.1, -0.05) is 49.3 Å². The summed E-state index contributed by atoms with van der Waals surface area (Å²) in [5.74, 6) is 0.404. The van der Waals surface area contributed by atoms with E-state index in [4.69, 9.17) is 4.52 Å². The van der Waals surface area contributed by atoms with E-state index in [1.165, 1.54) is 24.3 Å². The summed E-state index contributed by atoms with van der Waals surface area (Å²) in [7, 11) is 0. The smallest absolute Gasteiger partial charge is 0.406 e. The van der Waals surface area contributed by atoms with Crippen LogP contribution in [0.5, 0.6) is 5.75 Å². The Labute approximate surface area is 179 Å². The van der Waals surface area contributed by atoms with Crippen molar-refractivity contribution in [3.05, 3.63) is 64.5 Å². The molecule has 0 aliphatic carbocycles. The number of hydrogen-bond acceptors (Lipinski definition) is 7. The number of aromatic nitrogens is 5. The summed E-state index contributed by atoms with van der Waals surface area (Å²) in [6.45, 7) is 5.77. The third-order valence-corrected chi connectivity index (χ3v) is 4.57. The molecule has 0 aliphatic heterocycles. The van der Waals surface area contributed by atoms with E-state index in [0.29, 0.717) is 27.9 Å². The first-order chi connectivity index (χ1) is 15.0. The van der Waals surface area contributed by atoms with Crippen LogP contribution in [-0.4, -0.2) is 31.5 Å². The Hall–Kier alpha value is -3.76. The maximum absolute atomic E-state index is 13.0. The molecule has 11 heteroatoms. The Morgan fingerprint density at radius 3 is 2.34 bits per heavy atom. The minimum absolute atomic E-state index is 0.0431. The Kier molecular flexibility index (Phi) is 5.19. The van der Waals surface area contributed by atoms with E-state index in [2.05, 4.69) is 25.2 Å². The lowest BCUT2D eigenvalue weighted by Crippen LogP contribution is -2.25. The van der Waals surface area contributed by atoms with Gasteiger partial charge < -0.3 is 9.26 Å². The molecule has 4 aromatic rings. The van der Waals surface area contributed by atoms with E-state index in [-0.39, 0.29) is 23.6 Å². The molecule has 0 radical (unpaired) electrons. The third-order valence-electron chi connectivity index (χ3n) is 4.57. The lowest BCUT2D eigenvalue weighted by molar-refractivity contribution is -0.274. The fraction of sp³-hybridized carbons (Fsp3) is 0.286. The van der Waals surface area contributed by atoms with E-state index in [1.54, 1.807) is 18.2 Å². The lowest BCUT2D eigenvalue weighted by atomic mass is 9.96. The van der Waals surface area contributed by atoms with Crippen LogP contribution in [0.2, 0.25) is 0 Å². The Bertz CT molecular complexity index is 1320. The van der Waals surface area contributed by atoms with E-state index in [1.807, 2.05) is 20.8 Å². The number of benzene rings is 2. The van der Waals surface area contributed by atoms with Crippen LogP contribution in [0.1, 0.15) is 32.5 Å². The van der Waals surface area contributed by atoms with E-state index < -0.39 is 11.9 Å². The zero-order valence-corrected chi connectivity index (χ0v) is 17.3. The van der Waals surface area contributed by atoms with Crippen molar-refractivity contribution in [1.29, 1.82) is 0 Å². The average Bonchev–Trinajstić information content (AvgIpc) is 3.19. The largest absolute Gasteiger partial charge is 0.573 e. The van der Waals surface area contributed by atoms with Crippen molar-refractivity contribution in [2.75, 3.05) is 0 Å². The Morgan fingerprint density at radius 1 is 1.03 bits per heavy atom. The van der Waals surface area contributed by atoms with Crippen LogP contribution in [-0.2, 0) is 12.0 Å². The summed E-state index contributed by atoms with van der Waals surface area (Å²) in [5.41, 5.74) is 0.894. The molecule has 0 fully saturated rings. The quantitative estimate of drug-likeness (QED) is 0.467. The van der Waals surface area contributed by atoms with Gasteiger partial charge in [0.1, 0.15) is 17.8 Å². The highest BCUT2D eigenvalue weighted by molar-refractivity contribution is 5.83. The molecule has 2 heterocycles. The molecule has 0 saturated carbocycles. The Balaban J connectivity index is 1.64. The van der Waals surface area contributed by atoms with Gasteiger partial charge in [0, 0.05) is 5.41 Å². The van der Waals surface area contributed by atoms with Crippen molar-refractivity contribution in [2.24, 2.45) is 0 Å². The second kappa shape index (κ2) is 7.74. The van der Waals surface area contributed by atoms with E-state index in [0.717, 1.165) is 4.68 Å². The van der Waals surface area contributed by atoms with Gasteiger partial charge >= 0.3 is 6.36 Å². The zero-order chi connectivity index (χ0) is 23.1. The summed E-state index contributed by atoms with van der Waals surface area (Å²) in [6, 6.07) is 10.3. The van der Waals surface area contributed by atoms with Gasteiger partial charge in [-0.25, -0.2) is 4.68 Å². The molecule has 0 unspecified atom stereocenters. The predicted octanol–water partition coefficient (Wildman–Crippen LogP) is 4.09. The number of halogens is 3. The summed E-state index contributed by atoms with van der Waals surface area (Å²) in [5, 5.41) is 12.2. The molecule has 0 spiro atoms. The molecular weight excluding hydrogens is 427 g/mol. The highest BCUT2D eigenvalue weighted by Crippen LogP contribution is 2.27. The zero-order valence-electron chi connectivity index (χ0n) is 17.3. The van der Waals surface area contributed by atoms with Crippen LogP contribution in [0, 0.1) is 0 Å². The molecule has 2 aromatic heterocycles. The summed E-state index contributed by atoms with van der Waals surface area (Å²) in [6.07, 6.45) is -4.76. The molecule has 0 atom stereocenters. The van der Waals surface area contributed by atoms with Crippen LogP contribution in [0.25, 0.3) is 22.0 Å². The monoisotopic (exact) mass is 445 g/mol. The number of rotatable bonds is 4. The first kappa shape index (κ1) is 21.5.